The van der Waals surface area contributed by atoms with Gasteiger partial charge < -0.3 is 19.3 Å². The number of hydrogen-bond acceptors (Lipinski definition) is 13. The molecular formula is C43H43ClK3N2O12S4+. The van der Waals surface area contributed by atoms with Gasteiger partial charge in [-0.1, -0.05) is 55.8 Å². The Kier molecular flexibility index (Phi) is 20.9. The zero-order valence-electron chi connectivity index (χ0n) is 37.1. The van der Waals surface area contributed by atoms with Crippen LogP contribution in [0.15, 0.2) is 117 Å². The minimum Gasteiger partial charge on any atom is -0.748 e. The number of allylic oxidation sites excluding steroid dienone is 8. The average molecular weight is 1060 g/mol. The Morgan fingerprint density at radius 2 is 1.48 bits per heavy atom. The summed E-state index contributed by atoms with van der Waals surface area (Å²) < 4.78 is 110. The van der Waals surface area contributed by atoms with Crippen LogP contribution >= 0.6 is 23.6 Å². The maximum absolute atomic E-state index is 11.8. The van der Waals surface area contributed by atoms with E-state index < -0.39 is 52.7 Å². The van der Waals surface area contributed by atoms with Crippen LogP contribution in [0.5, 0.6) is 0 Å². The number of fused-ring (bicyclic) bond motifs is 6. The van der Waals surface area contributed by atoms with Gasteiger partial charge in [0.2, 0.25) is 5.69 Å². The second-order valence-electron chi connectivity index (χ2n) is 16.5. The molecule has 2 aliphatic heterocycles. The van der Waals surface area contributed by atoms with Crippen molar-refractivity contribution in [3.8, 4) is 0 Å². The Labute approximate surface area is 517 Å². The van der Waals surface area contributed by atoms with Crippen molar-refractivity contribution in [3.63, 3.8) is 0 Å². The summed E-state index contributed by atoms with van der Waals surface area (Å²) in [6.45, 7) is 8.68. The van der Waals surface area contributed by atoms with E-state index in [1.807, 2.05) is 73.1 Å². The van der Waals surface area contributed by atoms with Gasteiger partial charge in [0.05, 0.1) is 38.2 Å². The molecule has 1 N–H and O–H groups in total. The fourth-order valence-corrected chi connectivity index (χ4v) is 11.3. The average Bonchev–Trinajstić information content (AvgIpc) is 3.72. The molecule has 3 aliphatic rings. The quantitative estimate of drug-likeness (QED) is 0.0347. The molecule has 65 heavy (non-hydrogen) atoms. The maximum Gasteiger partial charge on any atom is 1.00 e. The van der Waals surface area contributed by atoms with E-state index in [0.717, 1.165) is 73.3 Å². The van der Waals surface area contributed by atoms with Crippen molar-refractivity contribution in [1.82, 2.24) is 0 Å². The van der Waals surface area contributed by atoms with E-state index in [0.29, 0.717) is 34.7 Å². The molecule has 2 heterocycles. The van der Waals surface area contributed by atoms with Gasteiger partial charge in [-0.15, -0.1) is 0 Å². The van der Waals surface area contributed by atoms with Crippen LogP contribution < -0.4 is 164 Å². The number of benzene rings is 4. The first-order chi connectivity index (χ1) is 29.0. The maximum atomic E-state index is 11.8. The van der Waals surface area contributed by atoms with Crippen LogP contribution in [0, 0.1) is 0 Å². The smallest absolute Gasteiger partial charge is 0.748 e. The fraction of sp³-hybridized carbons (Fsp3) is 0.326. The summed E-state index contributed by atoms with van der Waals surface area (Å²) in [5.74, 6) is -0.965. The normalized spacial score (nSPS) is 18.1. The van der Waals surface area contributed by atoms with Crippen LogP contribution in [0.4, 0.5) is 11.4 Å². The summed E-state index contributed by atoms with van der Waals surface area (Å²) in [5, 5.41) is 17.6. The second kappa shape index (κ2) is 23.2. The molecule has 14 nitrogen and oxygen atoms in total. The first-order valence-corrected chi connectivity index (χ1v) is 25.3. The van der Waals surface area contributed by atoms with Crippen molar-refractivity contribution in [3.05, 3.63) is 118 Å². The molecule has 0 saturated heterocycles. The molecule has 4 aromatic rings. The summed E-state index contributed by atoms with van der Waals surface area (Å²) in [6.07, 6.45) is 9.31. The third-order valence-electron chi connectivity index (χ3n) is 11.8. The Balaban J connectivity index is 0.00000308. The van der Waals surface area contributed by atoms with E-state index in [9.17, 15) is 44.2 Å². The molecule has 0 bridgehead atoms. The predicted molar refractivity (Wildman–Crippen MR) is 235 cm³/mol. The monoisotopic (exact) mass is 1060 g/mol. The molecule has 330 valence electrons. The molecule has 0 atom stereocenters. The van der Waals surface area contributed by atoms with Crippen molar-refractivity contribution in [2.75, 3.05) is 29.5 Å². The van der Waals surface area contributed by atoms with Gasteiger partial charge in [-0.25, -0.2) is 16.8 Å². The Hall–Kier alpha value is 0.989. The standard InChI is InChI=1S/C43H45ClN2O12S4.3K/c1-42(2)37(45(21-5-23-60(48,49)50)35-17-9-29-25-31(59-58-57-47)13-15-33(29)39(35)42)19-11-27-7-8-28(41(27)44)12-20-38-43(3,4)40-34-16-14-32(62(54,55)56)26-30(34)10-18-36(40)46(38)22-6-24-61(51,52)53;;;/h9-20,25-26H,5-8,21-24H2,1-4H3,(H3-,47,48,49,50,51,52,53,54,55,56);;;/q;3*+1/p-2. The molecular weight excluding hydrogens is 1020 g/mol. The molecule has 0 amide bonds. The number of anilines is 1. The summed E-state index contributed by atoms with van der Waals surface area (Å²) in [5.41, 5.74) is 5.67. The van der Waals surface area contributed by atoms with Crippen LogP contribution in [-0.4, -0.2) is 73.8 Å². The van der Waals surface area contributed by atoms with Crippen molar-refractivity contribution < 1.29 is 212 Å². The Morgan fingerprint density at radius 3 is 2.14 bits per heavy atom. The number of nitrogens with zero attached hydrogens (tertiary/aromatic N) is 2. The van der Waals surface area contributed by atoms with E-state index >= 15 is 0 Å². The molecule has 1 aliphatic carbocycles. The van der Waals surface area contributed by atoms with Crippen LogP contribution in [0.3, 0.4) is 0 Å². The van der Waals surface area contributed by atoms with E-state index in [4.69, 9.17) is 11.6 Å². The molecule has 0 fully saturated rings. The molecule has 7 rings (SSSR count). The number of hydrogen-bond donors (Lipinski definition) is 1. The zero-order chi connectivity index (χ0) is 45.0. The summed E-state index contributed by atoms with van der Waals surface area (Å²) in [6, 6.07) is 17.3. The Bertz CT molecular complexity index is 3030. The molecule has 0 unspecified atom stereocenters. The van der Waals surface area contributed by atoms with Gasteiger partial charge in [-0.05, 0) is 114 Å². The second-order valence-corrected chi connectivity index (χ2v) is 22.1. The zero-order valence-corrected chi connectivity index (χ0v) is 50.5. The summed E-state index contributed by atoms with van der Waals surface area (Å²) in [7, 11) is -13.4. The van der Waals surface area contributed by atoms with E-state index in [1.54, 1.807) is 18.2 Å². The van der Waals surface area contributed by atoms with E-state index in [2.05, 4.69) is 28.1 Å². The third kappa shape index (κ3) is 13.2. The van der Waals surface area contributed by atoms with Gasteiger partial charge in [-0.2, -0.15) is 17.3 Å². The van der Waals surface area contributed by atoms with Crippen LogP contribution in [0.25, 0.3) is 21.5 Å². The van der Waals surface area contributed by atoms with Gasteiger partial charge in [0.25, 0.3) is 10.1 Å². The van der Waals surface area contributed by atoms with Crippen molar-refractivity contribution in [1.29, 1.82) is 0 Å². The molecule has 0 radical (unpaired) electrons. The van der Waals surface area contributed by atoms with Gasteiger partial charge >= 0.3 is 154 Å². The van der Waals surface area contributed by atoms with Crippen LogP contribution in [0.2, 0.25) is 0 Å². The minimum atomic E-state index is -4.70. The SMILES string of the molecule is CC1(C)C(/C=C/C2=C(Cl)C(=C/C=C3/N(CCCS(=O)(=O)O)c4ccc5cc(SOO[O-])ccc5c4C3(C)C)/CC2)=[N+](CCCS(=O)(=O)[O-])c2ccc3cc(S(=O)(=O)[O-])ccc3c21.[K+].[K+].[K+]. The van der Waals surface area contributed by atoms with Gasteiger partial charge in [0, 0.05) is 63.2 Å². The van der Waals surface area contributed by atoms with Crippen LogP contribution in [-0.2, 0) is 50.6 Å². The molecule has 0 saturated carbocycles. The molecule has 22 heteroatoms. The van der Waals surface area contributed by atoms with E-state index in [-0.39, 0.29) is 178 Å². The number of rotatable bonds is 15. The topological polar surface area (TPSA) is 217 Å². The Morgan fingerprint density at radius 1 is 0.815 bits per heavy atom. The third-order valence-corrected chi connectivity index (χ3v) is 15.2. The fourth-order valence-electron chi connectivity index (χ4n) is 9.06. The number of halogens is 1. The van der Waals surface area contributed by atoms with Crippen molar-refractivity contribution in [2.45, 2.75) is 74.0 Å². The van der Waals surface area contributed by atoms with Crippen molar-refractivity contribution >= 4 is 92.6 Å². The van der Waals surface area contributed by atoms with Crippen molar-refractivity contribution in [2.24, 2.45) is 0 Å². The summed E-state index contributed by atoms with van der Waals surface area (Å²) >= 11 is 7.91. The van der Waals surface area contributed by atoms with Gasteiger partial charge in [0.1, 0.15) is 16.7 Å². The predicted octanol–water partition coefficient (Wildman–Crippen LogP) is -1.82. The first kappa shape index (κ1) is 58.6. The molecule has 0 spiro atoms. The molecule has 0 aromatic heterocycles. The first-order valence-electron chi connectivity index (χ1n) is 19.5. The van der Waals surface area contributed by atoms with Gasteiger partial charge in [0.15, 0.2) is 5.71 Å². The van der Waals surface area contributed by atoms with E-state index in [1.165, 1.54) is 12.1 Å². The largest absolute Gasteiger partial charge is 1.00 e. The van der Waals surface area contributed by atoms with Gasteiger partial charge in [-0.3, -0.25) is 9.59 Å². The molecule has 4 aromatic carbocycles. The minimum absolute atomic E-state index is 0. The van der Waals surface area contributed by atoms with Crippen LogP contribution in [0.1, 0.15) is 64.5 Å². The summed E-state index contributed by atoms with van der Waals surface area (Å²) in [4.78, 5) is 2.37.